The van der Waals surface area contributed by atoms with Crippen LogP contribution in [0.15, 0.2) is 42.5 Å². The molecule has 0 heterocycles. The van der Waals surface area contributed by atoms with Crippen LogP contribution in [0.1, 0.15) is 20.7 Å². The van der Waals surface area contributed by atoms with Gasteiger partial charge in [0.1, 0.15) is 6.17 Å². The molecule has 0 saturated carbocycles. The minimum atomic E-state index is -1.96. The highest BCUT2D eigenvalue weighted by Crippen LogP contribution is 2.30. The SMILES string of the molecule is O=C(O)c1ccc(NC(=S)NC(NC(=O)c2ccc(Cl)cc2Cl)C(Cl)(Cl)Cl)cc1. The van der Waals surface area contributed by atoms with Crippen molar-refractivity contribution in [3.8, 4) is 0 Å². The van der Waals surface area contributed by atoms with Crippen molar-refractivity contribution in [2.24, 2.45) is 0 Å². The molecule has 29 heavy (non-hydrogen) atoms. The normalized spacial score (nSPS) is 12.0. The number of carboxylic acids is 1. The fourth-order valence-electron chi connectivity index (χ4n) is 2.08. The molecule has 1 atom stereocenters. The number of amides is 1. The highest BCUT2D eigenvalue weighted by molar-refractivity contribution is 7.80. The largest absolute Gasteiger partial charge is 0.478 e. The zero-order valence-electron chi connectivity index (χ0n) is 14.2. The van der Waals surface area contributed by atoms with Crippen molar-refractivity contribution in [3.05, 3.63) is 63.6 Å². The molecule has 1 amide bonds. The Bertz CT molecular complexity index is 935. The van der Waals surface area contributed by atoms with Crippen LogP contribution < -0.4 is 16.0 Å². The van der Waals surface area contributed by atoms with Crippen LogP contribution in [0.25, 0.3) is 0 Å². The van der Waals surface area contributed by atoms with E-state index in [0.717, 1.165) is 0 Å². The summed E-state index contributed by atoms with van der Waals surface area (Å²) in [6.07, 6.45) is -1.22. The molecule has 1 unspecified atom stereocenters. The molecule has 0 radical (unpaired) electrons. The summed E-state index contributed by atoms with van der Waals surface area (Å²) in [6, 6.07) is 10.1. The minimum Gasteiger partial charge on any atom is -0.478 e. The molecule has 0 bridgehead atoms. The molecule has 2 rings (SSSR count). The van der Waals surface area contributed by atoms with Gasteiger partial charge in [-0.05, 0) is 54.7 Å². The average Bonchev–Trinajstić information content (AvgIpc) is 2.60. The molecule has 12 heteroatoms. The van der Waals surface area contributed by atoms with Crippen LogP contribution in [0, 0.1) is 0 Å². The number of thiocarbonyl (C=S) groups is 1. The first kappa shape index (κ1) is 23.8. The van der Waals surface area contributed by atoms with Gasteiger partial charge >= 0.3 is 5.97 Å². The van der Waals surface area contributed by atoms with E-state index in [1.165, 1.54) is 42.5 Å². The first-order valence-electron chi connectivity index (χ1n) is 7.71. The molecule has 2 aromatic rings. The quantitative estimate of drug-likeness (QED) is 0.252. The third kappa shape index (κ3) is 7.06. The van der Waals surface area contributed by atoms with Gasteiger partial charge in [0.15, 0.2) is 5.11 Å². The van der Waals surface area contributed by atoms with Gasteiger partial charge in [0.2, 0.25) is 3.79 Å². The second-order valence-corrected chi connectivity index (χ2v) is 9.17. The molecule has 0 aliphatic rings. The van der Waals surface area contributed by atoms with E-state index >= 15 is 0 Å². The number of rotatable bonds is 5. The van der Waals surface area contributed by atoms with Crippen LogP contribution in [-0.2, 0) is 0 Å². The van der Waals surface area contributed by atoms with Gasteiger partial charge in [-0.15, -0.1) is 0 Å². The van der Waals surface area contributed by atoms with Crippen LogP contribution in [0.5, 0.6) is 0 Å². The van der Waals surface area contributed by atoms with E-state index in [0.29, 0.717) is 10.7 Å². The summed E-state index contributed by atoms with van der Waals surface area (Å²) in [5.41, 5.74) is 0.726. The van der Waals surface area contributed by atoms with Gasteiger partial charge in [-0.3, -0.25) is 4.79 Å². The van der Waals surface area contributed by atoms with E-state index in [2.05, 4.69) is 16.0 Å². The van der Waals surface area contributed by atoms with E-state index in [4.69, 9.17) is 75.3 Å². The Labute approximate surface area is 196 Å². The van der Waals surface area contributed by atoms with Crippen LogP contribution >= 0.6 is 70.2 Å². The van der Waals surface area contributed by atoms with E-state index in [9.17, 15) is 9.59 Å². The third-order valence-electron chi connectivity index (χ3n) is 3.44. The number of anilines is 1. The first-order valence-corrected chi connectivity index (χ1v) is 10.0. The van der Waals surface area contributed by atoms with Gasteiger partial charge in [0.05, 0.1) is 16.1 Å². The fourth-order valence-corrected chi connectivity index (χ4v) is 3.13. The van der Waals surface area contributed by atoms with Crippen molar-refractivity contribution in [1.82, 2.24) is 10.6 Å². The number of hydrogen-bond acceptors (Lipinski definition) is 3. The van der Waals surface area contributed by atoms with Crippen LogP contribution in [0.3, 0.4) is 0 Å². The lowest BCUT2D eigenvalue weighted by Gasteiger charge is -2.28. The number of alkyl halides is 3. The van der Waals surface area contributed by atoms with Crippen molar-refractivity contribution >= 4 is 92.9 Å². The van der Waals surface area contributed by atoms with Gasteiger partial charge in [-0.1, -0.05) is 58.0 Å². The fraction of sp³-hybridized carbons (Fsp3) is 0.118. The monoisotopic (exact) mass is 513 g/mol. The van der Waals surface area contributed by atoms with E-state index in [-0.39, 0.29) is 21.3 Å². The topological polar surface area (TPSA) is 90.5 Å². The summed E-state index contributed by atoms with van der Waals surface area (Å²) in [6.45, 7) is 0. The summed E-state index contributed by atoms with van der Waals surface area (Å²) in [5, 5.41) is 17.4. The second kappa shape index (κ2) is 10.0. The maximum atomic E-state index is 12.5. The lowest BCUT2D eigenvalue weighted by Crippen LogP contribution is -2.56. The number of hydrogen-bond donors (Lipinski definition) is 4. The molecular formula is C17H12Cl5N3O3S. The molecule has 0 aliphatic carbocycles. The number of benzene rings is 2. The van der Waals surface area contributed by atoms with Crippen molar-refractivity contribution in [3.63, 3.8) is 0 Å². The molecule has 154 valence electrons. The minimum absolute atomic E-state index is 0.0203. The molecular weight excluding hydrogens is 504 g/mol. The second-order valence-electron chi connectivity index (χ2n) is 5.55. The maximum absolute atomic E-state index is 12.5. The zero-order valence-corrected chi connectivity index (χ0v) is 18.8. The predicted octanol–water partition coefficient (Wildman–Crippen LogP) is 5.10. The smallest absolute Gasteiger partial charge is 0.335 e. The van der Waals surface area contributed by atoms with Crippen molar-refractivity contribution < 1.29 is 14.7 Å². The Morgan fingerprint density at radius 3 is 2.14 bits per heavy atom. The van der Waals surface area contributed by atoms with E-state index < -0.39 is 21.8 Å². The van der Waals surface area contributed by atoms with Gasteiger partial charge < -0.3 is 21.1 Å². The van der Waals surface area contributed by atoms with Crippen molar-refractivity contribution in [1.29, 1.82) is 0 Å². The number of aromatic carboxylic acids is 1. The highest BCUT2D eigenvalue weighted by Gasteiger charge is 2.35. The molecule has 0 spiro atoms. The summed E-state index contributed by atoms with van der Waals surface area (Å²) in [5.74, 6) is -1.68. The molecule has 0 fully saturated rings. The molecule has 0 aliphatic heterocycles. The van der Waals surface area contributed by atoms with Crippen LogP contribution in [0.4, 0.5) is 5.69 Å². The van der Waals surface area contributed by atoms with Gasteiger partial charge in [0, 0.05) is 10.7 Å². The van der Waals surface area contributed by atoms with E-state index in [1.807, 2.05) is 0 Å². The Morgan fingerprint density at radius 1 is 1.00 bits per heavy atom. The first-order chi connectivity index (χ1) is 13.5. The average molecular weight is 516 g/mol. The van der Waals surface area contributed by atoms with Crippen LogP contribution in [0.2, 0.25) is 10.0 Å². The summed E-state index contributed by atoms with van der Waals surface area (Å²) in [4.78, 5) is 23.4. The molecule has 0 saturated heterocycles. The number of nitrogens with one attached hydrogen (secondary N) is 3. The number of carbonyl (C=O) groups is 2. The molecule has 0 aromatic heterocycles. The standard InChI is InChI=1S/C17H12Cl5N3O3S/c18-9-3-6-11(12(19)7-9)13(26)24-15(17(20,21)22)25-16(29)23-10-4-1-8(2-5-10)14(27)28/h1-7,15H,(H,24,26)(H,27,28)(H2,23,25,29). The molecule has 6 nitrogen and oxygen atoms in total. The van der Waals surface area contributed by atoms with Crippen molar-refractivity contribution in [2.45, 2.75) is 9.96 Å². The highest BCUT2D eigenvalue weighted by atomic mass is 35.6. The third-order valence-corrected chi connectivity index (χ3v) is 4.87. The lowest BCUT2D eigenvalue weighted by atomic mass is 10.2. The van der Waals surface area contributed by atoms with Crippen LogP contribution in [-0.4, -0.2) is 32.1 Å². The Hall–Kier alpha value is -1.48. The number of carboxylic acid groups (broad SMARTS) is 1. The molecule has 2 aromatic carbocycles. The maximum Gasteiger partial charge on any atom is 0.335 e. The number of carbonyl (C=O) groups excluding carboxylic acids is 1. The lowest BCUT2D eigenvalue weighted by molar-refractivity contribution is 0.0696. The summed E-state index contributed by atoms with van der Waals surface area (Å²) >= 11 is 34.9. The molecule has 4 N–H and O–H groups in total. The van der Waals surface area contributed by atoms with Gasteiger partial charge in [-0.2, -0.15) is 0 Å². The Morgan fingerprint density at radius 2 is 1.62 bits per heavy atom. The zero-order chi connectivity index (χ0) is 21.8. The number of halogens is 5. The Kier molecular flexibility index (Phi) is 8.22. The summed E-state index contributed by atoms with van der Waals surface area (Å²) < 4.78 is -1.96. The predicted molar refractivity (Wildman–Crippen MR) is 121 cm³/mol. The van der Waals surface area contributed by atoms with Gasteiger partial charge in [-0.25, -0.2) is 4.79 Å². The Balaban J connectivity index is 2.09. The van der Waals surface area contributed by atoms with Gasteiger partial charge in [0.25, 0.3) is 5.91 Å². The summed E-state index contributed by atoms with van der Waals surface area (Å²) in [7, 11) is 0. The van der Waals surface area contributed by atoms with Crippen molar-refractivity contribution in [2.75, 3.05) is 5.32 Å². The van der Waals surface area contributed by atoms with E-state index in [1.54, 1.807) is 0 Å².